The number of rotatable bonds is 11. The maximum Gasteiger partial charge on any atom is 0.339 e. The molecule has 0 unspecified atom stereocenters. The Morgan fingerprint density at radius 3 is 2.07 bits per heavy atom. The van der Waals surface area contributed by atoms with Crippen LogP contribution in [0, 0.1) is 0 Å². The van der Waals surface area contributed by atoms with Gasteiger partial charge < -0.3 is 19.5 Å². The van der Waals surface area contributed by atoms with E-state index in [1.807, 2.05) is 31.1 Å². The number of nitrogens with zero attached hydrogens (tertiary/aromatic N) is 1. The molecule has 4 aromatic carbocycles. The fraction of sp³-hybridized carbons (Fsp3) is 0.172. The molecule has 3 N–H and O–H groups in total. The first kappa shape index (κ1) is 30.5. The van der Waals surface area contributed by atoms with Crippen LogP contribution in [0.3, 0.4) is 0 Å². The van der Waals surface area contributed by atoms with Crippen molar-refractivity contribution in [2.24, 2.45) is 0 Å². The van der Waals surface area contributed by atoms with Gasteiger partial charge in [-0.25, -0.2) is 8.42 Å². The summed E-state index contributed by atoms with van der Waals surface area (Å²) in [6.45, 7) is 1.31. The van der Waals surface area contributed by atoms with E-state index in [0.717, 1.165) is 11.1 Å². The predicted octanol–water partition coefficient (Wildman–Crippen LogP) is 3.61. The molecule has 0 aromatic heterocycles. The second kappa shape index (κ2) is 12.2. The average Bonchev–Trinajstić information content (AvgIpc) is 2.92. The fourth-order valence-corrected chi connectivity index (χ4v) is 6.65. The molecule has 0 radical (unpaired) electrons. The largest absolute Gasteiger partial charge is 0.480 e. The Hall–Kier alpha value is -4.46. The van der Waals surface area contributed by atoms with Crippen molar-refractivity contribution in [2.75, 3.05) is 24.3 Å². The quantitative estimate of drug-likeness (QED) is 0.215. The summed E-state index contributed by atoms with van der Waals surface area (Å²) in [5.41, 5.74) is 1.66. The predicted molar refractivity (Wildman–Crippen MR) is 159 cm³/mol. The topological polar surface area (TPSA) is 159 Å². The van der Waals surface area contributed by atoms with Crippen LogP contribution < -0.4 is 19.1 Å². The van der Waals surface area contributed by atoms with E-state index >= 15 is 0 Å². The number of sulfonamides is 1. The third-order valence-corrected chi connectivity index (χ3v) is 9.05. The first-order valence-electron chi connectivity index (χ1n) is 12.6. The van der Waals surface area contributed by atoms with Crippen molar-refractivity contribution >= 4 is 54.2 Å². The van der Waals surface area contributed by atoms with Crippen molar-refractivity contribution in [3.05, 3.63) is 90.5 Å². The maximum absolute atomic E-state index is 13.2. The molecule has 0 bridgehead atoms. The number of nitrogens with one attached hydrogen (secondary N) is 2. The van der Waals surface area contributed by atoms with Crippen LogP contribution in [0.5, 0.6) is 5.75 Å². The number of fused-ring (bicyclic) bond motifs is 1. The Labute approximate surface area is 243 Å². The molecule has 0 heterocycles. The summed E-state index contributed by atoms with van der Waals surface area (Å²) in [5, 5.41) is 13.4. The Kier molecular flexibility index (Phi) is 8.85. The van der Waals surface area contributed by atoms with Crippen LogP contribution in [-0.4, -0.2) is 54.0 Å². The second-order valence-electron chi connectivity index (χ2n) is 9.63. The molecular weight excluding hydrogens is 582 g/mol. The zero-order chi connectivity index (χ0) is 30.7. The minimum atomic E-state index is -4.22. The number of carboxylic acid groups (broad SMARTS) is 1. The maximum atomic E-state index is 13.2. The van der Waals surface area contributed by atoms with E-state index in [1.165, 1.54) is 61.5 Å². The Morgan fingerprint density at radius 2 is 1.48 bits per heavy atom. The van der Waals surface area contributed by atoms with E-state index in [1.54, 1.807) is 18.2 Å². The molecule has 4 aromatic rings. The van der Waals surface area contributed by atoms with Crippen molar-refractivity contribution in [1.29, 1.82) is 0 Å². The summed E-state index contributed by atoms with van der Waals surface area (Å²) in [7, 11) is -4.71. The SMILES string of the molecule is CC(=O)Nc1ccc(S(=O)(=O)N[C@@H](Cc2ccc(OS(=O)(=O)c3cccc4c(N(C)C)cccc34)cc2)C(=O)O)cc1. The van der Waals surface area contributed by atoms with E-state index in [4.69, 9.17) is 4.18 Å². The van der Waals surface area contributed by atoms with Crippen LogP contribution in [0.25, 0.3) is 10.8 Å². The lowest BCUT2D eigenvalue weighted by Gasteiger charge is -2.17. The van der Waals surface area contributed by atoms with Crippen LogP contribution in [0.1, 0.15) is 12.5 Å². The normalized spacial score (nSPS) is 12.5. The standard InChI is InChI=1S/C29H29N3O8S2/c1-19(33)30-21-12-16-23(17-13-21)41(36,37)31-26(29(34)35)18-20-10-14-22(15-11-20)40-42(38,39)28-9-5-6-24-25(28)7-4-8-27(24)32(2)3/h4-17,26,31H,18H2,1-3H3,(H,30,33)(H,34,35)/t26-/m0/s1. The number of aliphatic carboxylic acids is 1. The number of carboxylic acids is 1. The van der Waals surface area contributed by atoms with Gasteiger partial charge in [-0.05, 0) is 60.5 Å². The highest BCUT2D eigenvalue weighted by atomic mass is 32.2. The molecule has 0 aliphatic heterocycles. The molecule has 1 atom stereocenters. The molecule has 11 nitrogen and oxygen atoms in total. The molecular formula is C29H29N3O8S2. The van der Waals surface area contributed by atoms with E-state index in [0.29, 0.717) is 16.6 Å². The van der Waals surface area contributed by atoms with Gasteiger partial charge in [-0.15, -0.1) is 0 Å². The van der Waals surface area contributed by atoms with Gasteiger partial charge in [0.1, 0.15) is 16.7 Å². The number of carbonyl (C=O) groups is 2. The van der Waals surface area contributed by atoms with Gasteiger partial charge >= 0.3 is 16.1 Å². The lowest BCUT2D eigenvalue weighted by atomic mass is 10.1. The van der Waals surface area contributed by atoms with Crippen molar-refractivity contribution in [1.82, 2.24) is 4.72 Å². The van der Waals surface area contributed by atoms with Gasteiger partial charge in [-0.1, -0.05) is 36.4 Å². The lowest BCUT2D eigenvalue weighted by Crippen LogP contribution is -2.42. The van der Waals surface area contributed by atoms with Crippen molar-refractivity contribution < 1.29 is 35.7 Å². The third kappa shape index (κ3) is 7.05. The third-order valence-electron chi connectivity index (χ3n) is 6.26. The van der Waals surface area contributed by atoms with Crippen molar-refractivity contribution in [3.8, 4) is 5.75 Å². The van der Waals surface area contributed by atoms with Crippen molar-refractivity contribution in [3.63, 3.8) is 0 Å². The fourth-order valence-electron chi connectivity index (χ4n) is 4.32. The minimum Gasteiger partial charge on any atom is -0.480 e. The Balaban J connectivity index is 1.49. The smallest absolute Gasteiger partial charge is 0.339 e. The molecule has 4 rings (SSSR count). The van der Waals surface area contributed by atoms with Gasteiger partial charge in [0.2, 0.25) is 15.9 Å². The molecule has 0 aliphatic carbocycles. The minimum absolute atomic E-state index is 0.00164. The summed E-state index contributed by atoms with van der Waals surface area (Å²) >= 11 is 0. The van der Waals surface area contributed by atoms with E-state index < -0.39 is 32.2 Å². The average molecular weight is 612 g/mol. The van der Waals surface area contributed by atoms with Gasteiger partial charge in [-0.3, -0.25) is 9.59 Å². The van der Waals surface area contributed by atoms with Gasteiger partial charge in [0, 0.05) is 43.2 Å². The zero-order valence-corrected chi connectivity index (χ0v) is 24.6. The van der Waals surface area contributed by atoms with Crippen LogP contribution in [-0.2, 0) is 36.2 Å². The monoisotopic (exact) mass is 611 g/mol. The van der Waals surface area contributed by atoms with Crippen molar-refractivity contribution in [2.45, 2.75) is 29.2 Å². The highest BCUT2D eigenvalue weighted by Crippen LogP contribution is 2.31. The highest BCUT2D eigenvalue weighted by Gasteiger charge is 2.26. The van der Waals surface area contributed by atoms with Gasteiger partial charge in [0.05, 0.1) is 4.90 Å². The number of benzene rings is 4. The van der Waals surface area contributed by atoms with E-state index in [9.17, 15) is 31.5 Å². The Bertz CT molecular complexity index is 1840. The number of hydrogen-bond acceptors (Lipinski definition) is 8. The molecule has 0 spiro atoms. The first-order valence-corrected chi connectivity index (χ1v) is 15.5. The molecule has 0 fully saturated rings. The number of carbonyl (C=O) groups excluding carboxylic acids is 1. The van der Waals surface area contributed by atoms with Gasteiger partial charge in [0.15, 0.2) is 0 Å². The summed E-state index contributed by atoms with van der Waals surface area (Å²) < 4.78 is 59.6. The molecule has 220 valence electrons. The summed E-state index contributed by atoms with van der Waals surface area (Å²) in [6, 6.07) is 19.7. The first-order chi connectivity index (χ1) is 19.8. The zero-order valence-electron chi connectivity index (χ0n) is 22.9. The molecule has 13 heteroatoms. The number of anilines is 2. The van der Waals surface area contributed by atoms with Gasteiger partial charge in [0.25, 0.3) is 0 Å². The van der Waals surface area contributed by atoms with E-state index in [-0.39, 0.29) is 27.9 Å². The highest BCUT2D eigenvalue weighted by molar-refractivity contribution is 7.89. The van der Waals surface area contributed by atoms with Crippen LogP contribution >= 0.6 is 0 Å². The summed E-state index contributed by atoms with van der Waals surface area (Å²) in [5.74, 6) is -1.72. The summed E-state index contributed by atoms with van der Waals surface area (Å²) in [6.07, 6.45) is -0.220. The summed E-state index contributed by atoms with van der Waals surface area (Å²) in [4.78, 5) is 24.8. The molecule has 0 aliphatic rings. The van der Waals surface area contributed by atoms with Crippen LogP contribution in [0.4, 0.5) is 11.4 Å². The number of amides is 1. The van der Waals surface area contributed by atoms with Crippen LogP contribution in [0.15, 0.2) is 94.7 Å². The van der Waals surface area contributed by atoms with Gasteiger partial charge in [-0.2, -0.15) is 13.1 Å². The molecule has 0 saturated carbocycles. The molecule has 42 heavy (non-hydrogen) atoms. The van der Waals surface area contributed by atoms with E-state index in [2.05, 4.69) is 10.0 Å². The second-order valence-corrected chi connectivity index (χ2v) is 12.9. The lowest BCUT2D eigenvalue weighted by molar-refractivity contribution is -0.138. The van der Waals surface area contributed by atoms with Crippen LogP contribution in [0.2, 0.25) is 0 Å². The molecule has 1 amide bonds. The molecule has 0 saturated heterocycles. The Morgan fingerprint density at radius 1 is 0.857 bits per heavy atom. The number of hydrogen-bond donors (Lipinski definition) is 3.